The van der Waals surface area contributed by atoms with Crippen molar-refractivity contribution in [2.45, 2.75) is 84.4 Å². The molecular weight excluding hydrogens is 568 g/mol. The van der Waals surface area contributed by atoms with Gasteiger partial charge in [0, 0.05) is 36.9 Å². The minimum absolute atomic E-state index is 0. The Morgan fingerprint density at radius 2 is 1.93 bits per heavy atom. The third-order valence-corrected chi connectivity index (χ3v) is 9.81. The number of amides is 1. The maximum atomic E-state index is 13.6. The van der Waals surface area contributed by atoms with Gasteiger partial charge in [0.05, 0.1) is 23.6 Å². The number of aliphatic hydroxyl groups excluding tert-OH is 1. The van der Waals surface area contributed by atoms with Crippen molar-refractivity contribution in [2.24, 2.45) is 5.92 Å². The van der Waals surface area contributed by atoms with Crippen molar-refractivity contribution in [3.63, 3.8) is 0 Å². The molecule has 1 saturated heterocycles. The molecule has 228 valence electrons. The number of carbonyl (C=O) groups excluding carboxylic acids is 1. The molecule has 1 amide bonds. The topological polar surface area (TPSA) is 117 Å². The number of hydrogen-bond donors (Lipinski definition) is 6. The molecule has 3 atom stereocenters. The van der Waals surface area contributed by atoms with Gasteiger partial charge in [-0.2, -0.15) is 11.3 Å². The first-order chi connectivity index (χ1) is 18.6. The fourth-order valence-corrected chi connectivity index (χ4v) is 7.25. The Morgan fingerprint density at radius 3 is 2.58 bits per heavy atom. The highest BCUT2D eigenvalue weighted by molar-refractivity contribution is 8.25. The fraction of sp³-hybridized carbons (Fsp3) is 0.621. The van der Waals surface area contributed by atoms with E-state index in [9.17, 15) is 19.0 Å². The van der Waals surface area contributed by atoms with Crippen LogP contribution in [0.15, 0.2) is 35.0 Å². The molecule has 0 bridgehead atoms. The first-order valence-corrected chi connectivity index (χ1v) is 16.9. The summed E-state index contributed by atoms with van der Waals surface area (Å²) in [5.41, 5.74) is 2.85. The van der Waals surface area contributed by atoms with Crippen molar-refractivity contribution < 1.29 is 19.0 Å². The van der Waals surface area contributed by atoms with Gasteiger partial charge in [-0.05, 0) is 86.0 Å². The highest BCUT2D eigenvalue weighted by atomic mass is 35.5. The number of rotatable bonds is 15. The van der Waals surface area contributed by atoms with E-state index in [-0.39, 0.29) is 24.4 Å². The van der Waals surface area contributed by atoms with Gasteiger partial charge in [0.2, 0.25) is 0 Å². The van der Waals surface area contributed by atoms with Crippen LogP contribution in [0.1, 0.15) is 75.7 Å². The van der Waals surface area contributed by atoms with Gasteiger partial charge >= 0.3 is 0 Å². The molecule has 1 unspecified atom stereocenters. The molecule has 1 fully saturated rings. The molecule has 2 aromatic rings. The van der Waals surface area contributed by atoms with Crippen LogP contribution in [0.4, 0.5) is 11.4 Å². The SMILES string of the molecule is CCNc1cc(C(=O)N[C@@H](Cc2ccsc2)[C@H](O)CNC(C)CCCC(C)C)cc(N2CCCCS2(O)O)c1.Cl. The number of nitrogens with zero attached hydrogens (tertiary/aromatic N) is 1. The summed E-state index contributed by atoms with van der Waals surface area (Å²) in [6.07, 6.45) is 4.75. The molecule has 0 radical (unpaired) electrons. The van der Waals surface area contributed by atoms with Crippen molar-refractivity contribution in [1.29, 1.82) is 0 Å². The molecular formula is C29H49ClN4O4S2. The summed E-state index contributed by atoms with van der Waals surface area (Å²) in [4.78, 5) is 13.6. The molecule has 1 aromatic heterocycles. The summed E-state index contributed by atoms with van der Waals surface area (Å²) in [5.74, 6) is 0.716. The number of thiophene rings is 1. The third-order valence-electron chi connectivity index (χ3n) is 7.14. The summed E-state index contributed by atoms with van der Waals surface area (Å²) in [6.45, 7) is 10.2. The van der Waals surface area contributed by atoms with Crippen molar-refractivity contribution in [3.05, 3.63) is 46.2 Å². The highest BCUT2D eigenvalue weighted by Gasteiger charge is 2.29. The van der Waals surface area contributed by atoms with Crippen LogP contribution in [0.5, 0.6) is 0 Å². The Bertz CT molecular complexity index is 1030. The van der Waals surface area contributed by atoms with Crippen LogP contribution in [0.3, 0.4) is 0 Å². The number of anilines is 2. The lowest BCUT2D eigenvalue weighted by Gasteiger charge is -2.47. The van der Waals surface area contributed by atoms with Crippen LogP contribution in [0.25, 0.3) is 0 Å². The summed E-state index contributed by atoms with van der Waals surface area (Å²) in [6, 6.07) is 7.18. The zero-order valence-electron chi connectivity index (χ0n) is 24.3. The summed E-state index contributed by atoms with van der Waals surface area (Å²) < 4.78 is 23.0. The molecule has 6 N–H and O–H groups in total. The van der Waals surface area contributed by atoms with Crippen molar-refractivity contribution in [3.8, 4) is 0 Å². The number of nitrogens with one attached hydrogen (secondary N) is 3. The Balaban J connectivity index is 0.00000560. The third kappa shape index (κ3) is 10.7. The number of hydrogen-bond acceptors (Lipinski definition) is 8. The Kier molecular flexibility index (Phi) is 14.6. The van der Waals surface area contributed by atoms with Crippen LogP contribution in [0.2, 0.25) is 0 Å². The van der Waals surface area contributed by atoms with Gasteiger partial charge in [0.1, 0.15) is 0 Å². The normalized spacial score (nSPS) is 17.9. The second-order valence-corrected chi connectivity index (χ2v) is 14.0. The lowest BCUT2D eigenvalue weighted by atomic mass is 10.0. The monoisotopic (exact) mass is 616 g/mol. The van der Waals surface area contributed by atoms with Gasteiger partial charge in [-0.3, -0.25) is 18.2 Å². The standard InChI is InChI=1S/C29H48N4O4S2.ClH/c1-5-30-25-16-24(17-26(18-25)33-12-6-7-14-39(33,36)37)29(35)32-27(15-23-11-13-38-20-23)28(34)19-31-22(4)10-8-9-21(2)3;/h11,13,16-18,20-22,27-28,30-31,34,36-37H,5-10,12,14-15,19H2,1-4H3,(H,32,35);1H/t22?,27-,28+;/m0./s1. The van der Waals surface area contributed by atoms with Crippen molar-refractivity contribution >= 4 is 51.8 Å². The molecule has 0 saturated carbocycles. The average Bonchev–Trinajstić information content (AvgIpc) is 3.39. The quantitative estimate of drug-likeness (QED) is 0.138. The average molecular weight is 617 g/mol. The molecule has 11 heteroatoms. The van der Waals surface area contributed by atoms with Crippen LogP contribution in [-0.4, -0.2) is 63.7 Å². The lowest BCUT2D eigenvalue weighted by Crippen LogP contribution is -2.49. The predicted octanol–water partition coefficient (Wildman–Crippen LogP) is 6.37. The minimum Gasteiger partial charge on any atom is -0.390 e. The fourth-order valence-electron chi connectivity index (χ4n) is 4.89. The second kappa shape index (κ2) is 16.8. The highest BCUT2D eigenvalue weighted by Crippen LogP contribution is 2.50. The van der Waals surface area contributed by atoms with Gasteiger partial charge in [-0.25, -0.2) is 0 Å². The van der Waals surface area contributed by atoms with Crippen LogP contribution in [0, 0.1) is 5.92 Å². The Morgan fingerprint density at radius 1 is 1.15 bits per heavy atom. The summed E-state index contributed by atoms with van der Waals surface area (Å²) >= 11 is 1.59. The molecule has 8 nitrogen and oxygen atoms in total. The van der Waals surface area contributed by atoms with E-state index in [1.54, 1.807) is 27.8 Å². The van der Waals surface area contributed by atoms with Crippen LogP contribution in [-0.2, 0) is 6.42 Å². The van der Waals surface area contributed by atoms with E-state index in [0.717, 1.165) is 36.9 Å². The van der Waals surface area contributed by atoms with E-state index in [2.05, 4.69) is 36.7 Å². The summed E-state index contributed by atoms with van der Waals surface area (Å²) in [5, 5.41) is 25.0. The number of halogens is 1. The molecule has 3 rings (SSSR count). The van der Waals surface area contributed by atoms with E-state index in [1.807, 2.05) is 29.8 Å². The van der Waals surface area contributed by atoms with Crippen LogP contribution >= 0.6 is 34.5 Å². The van der Waals surface area contributed by atoms with Crippen LogP contribution < -0.4 is 20.3 Å². The smallest absolute Gasteiger partial charge is 0.251 e. The maximum absolute atomic E-state index is 13.6. The predicted molar refractivity (Wildman–Crippen MR) is 174 cm³/mol. The van der Waals surface area contributed by atoms with E-state index >= 15 is 0 Å². The lowest BCUT2D eigenvalue weighted by molar-refractivity contribution is 0.0825. The van der Waals surface area contributed by atoms with Crippen molar-refractivity contribution in [2.75, 3.05) is 35.0 Å². The van der Waals surface area contributed by atoms with E-state index in [1.165, 1.54) is 6.42 Å². The number of carbonyl (C=O) groups is 1. The zero-order chi connectivity index (χ0) is 28.4. The molecule has 0 aliphatic carbocycles. The largest absolute Gasteiger partial charge is 0.390 e. The molecule has 2 heterocycles. The van der Waals surface area contributed by atoms with E-state index in [4.69, 9.17) is 0 Å². The first-order valence-electron chi connectivity index (χ1n) is 14.2. The Labute approximate surface area is 252 Å². The molecule has 40 heavy (non-hydrogen) atoms. The van der Waals surface area contributed by atoms with Gasteiger partial charge in [-0.15, -0.1) is 23.2 Å². The second-order valence-electron chi connectivity index (χ2n) is 11.1. The van der Waals surface area contributed by atoms with E-state index in [0.29, 0.717) is 49.0 Å². The van der Waals surface area contributed by atoms with Gasteiger partial charge in [-0.1, -0.05) is 26.7 Å². The zero-order valence-corrected chi connectivity index (χ0v) is 26.7. The summed E-state index contributed by atoms with van der Waals surface area (Å²) in [7, 11) is -2.92. The minimum atomic E-state index is -2.92. The van der Waals surface area contributed by atoms with Gasteiger partial charge < -0.3 is 21.1 Å². The molecule has 1 aliphatic rings. The number of aliphatic hydroxyl groups is 1. The molecule has 1 aromatic carbocycles. The van der Waals surface area contributed by atoms with Gasteiger partial charge in [0.25, 0.3) is 5.91 Å². The molecule has 1 aliphatic heterocycles. The molecule has 0 spiro atoms. The Hall–Kier alpha value is -1.53. The maximum Gasteiger partial charge on any atom is 0.251 e. The first kappa shape index (κ1) is 34.7. The number of benzene rings is 1. The van der Waals surface area contributed by atoms with Crippen molar-refractivity contribution in [1.82, 2.24) is 10.6 Å². The van der Waals surface area contributed by atoms with Gasteiger partial charge in [0.15, 0.2) is 0 Å². The van der Waals surface area contributed by atoms with E-state index < -0.39 is 22.9 Å².